The zero-order valence-electron chi connectivity index (χ0n) is 12.3. The second kappa shape index (κ2) is 6.20. The van der Waals surface area contributed by atoms with E-state index in [2.05, 4.69) is 10.1 Å². The minimum atomic E-state index is 0.224. The molecular weight excluding hydrogens is 300 g/mol. The molecule has 0 aliphatic heterocycles. The first-order valence-corrected chi connectivity index (χ1v) is 7.28. The molecule has 0 radical (unpaired) electrons. The van der Waals surface area contributed by atoms with Gasteiger partial charge in [0.15, 0.2) is 6.61 Å². The highest BCUT2D eigenvalue weighted by atomic mass is 35.5. The molecule has 0 saturated heterocycles. The third-order valence-corrected chi connectivity index (χ3v) is 3.50. The van der Waals surface area contributed by atoms with Crippen molar-refractivity contribution >= 4 is 11.6 Å². The molecule has 0 atom stereocenters. The summed E-state index contributed by atoms with van der Waals surface area (Å²) in [7, 11) is 0. The average molecular weight is 315 g/mol. The third-order valence-electron chi connectivity index (χ3n) is 3.27. The van der Waals surface area contributed by atoms with Gasteiger partial charge in [-0.1, -0.05) is 46.6 Å². The summed E-state index contributed by atoms with van der Waals surface area (Å²) in [6, 6.07) is 13.4. The van der Waals surface area contributed by atoms with Crippen LogP contribution < -0.4 is 4.74 Å². The van der Waals surface area contributed by atoms with Gasteiger partial charge in [-0.2, -0.15) is 4.98 Å². The fourth-order valence-electron chi connectivity index (χ4n) is 2.05. The van der Waals surface area contributed by atoms with E-state index < -0.39 is 0 Å². The molecule has 22 heavy (non-hydrogen) atoms. The van der Waals surface area contributed by atoms with Gasteiger partial charge in [0, 0.05) is 10.6 Å². The number of halogens is 1. The number of hydrogen-bond donors (Lipinski definition) is 0. The highest BCUT2D eigenvalue weighted by molar-refractivity contribution is 6.30. The minimum Gasteiger partial charge on any atom is -0.483 e. The summed E-state index contributed by atoms with van der Waals surface area (Å²) in [5.41, 5.74) is 3.07. The van der Waals surface area contributed by atoms with Crippen molar-refractivity contribution in [2.24, 2.45) is 0 Å². The molecule has 0 aliphatic rings. The van der Waals surface area contributed by atoms with Gasteiger partial charge >= 0.3 is 0 Å². The van der Waals surface area contributed by atoms with Crippen LogP contribution in [0.1, 0.15) is 17.0 Å². The summed E-state index contributed by atoms with van der Waals surface area (Å²) in [5, 5.41) is 4.66. The topological polar surface area (TPSA) is 48.2 Å². The van der Waals surface area contributed by atoms with Crippen molar-refractivity contribution in [3.63, 3.8) is 0 Å². The van der Waals surface area contributed by atoms with Crippen molar-refractivity contribution in [2.45, 2.75) is 20.5 Å². The van der Waals surface area contributed by atoms with Crippen LogP contribution in [0.3, 0.4) is 0 Å². The van der Waals surface area contributed by atoms with Gasteiger partial charge in [0.05, 0.1) is 0 Å². The summed E-state index contributed by atoms with van der Waals surface area (Å²) in [5.74, 6) is 1.75. The summed E-state index contributed by atoms with van der Waals surface area (Å²) in [6.45, 7) is 4.20. The maximum atomic E-state index is 5.92. The molecule has 0 fully saturated rings. The zero-order chi connectivity index (χ0) is 15.5. The number of ether oxygens (including phenoxy) is 1. The van der Waals surface area contributed by atoms with Crippen molar-refractivity contribution in [2.75, 3.05) is 0 Å². The lowest BCUT2D eigenvalue weighted by atomic mass is 10.1. The van der Waals surface area contributed by atoms with E-state index in [4.69, 9.17) is 20.9 Å². The van der Waals surface area contributed by atoms with Crippen LogP contribution in [0.5, 0.6) is 5.75 Å². The summed E-state index contributed by atoms with van der Waals surface area (Å²) >= 11 is 5.92. The first-order chi connectivity index (χ1) is 10.6. The molecule has 3 aromatic rings. The van der Waals surface area contributed by atoms with E-state index in [1.54, 1.807) is 6.07 Å². The van der Waals surface area contributed by atoms with Gasteiger partial charge in [0.2, 0.25) is 5.82 Å². The first kappa shape index (κ1) is 14.6. The van der Waals surface area contributed by atoms with Crippen LogP contribution in [0.4, 0.5) is 0 Å². The van der Waals surface area contributed by atoms with Gasteiger partial charge in [-0.3, -0.25) is 0 Å². The van der Waals surface area contributed by atoms with Crippen LogP contribution in [0.15, 0.2) is 47.0 Å². The molecule has 2 aromatic carbocycles. The summed E-state index contributed by atoms with van der Waals surface area (Å²) in [4.78, 5) is 4.34. The van der Waals surface area contributed by atoms with Gasteiger partial charge in [-0.25, -0.2) is 0 Å². The Balaban J connectivity index is 1.70. The largest absolute Gasteiger partial charge is 0.483 e. The lowest BCUT2D eigenvalue weighted by Gasteiger charge is -2.06. The lowest BCUT2D eigenvalue weighted by Crippen LogP contribution is -1.97. The van der Waals surface area contributed by atoms with Gasteiger partial charge in [-0.15, -0.1) is 0 Å². The van der Waals surface area contributed by atoms with Gasteiger partial charge in [0.25, 0.3) is 5.89 Å². The number of aryl methyl sites for hydroxylation is 2. The van der Waals surface area contributed by atoms with Crippen LogP contribution in [0.25, 0.3) is 11.4 Å². The molecule has 0 aliphatic carbocycles. The van der Waals surface area contributed by atoms with Gasteiger partial charge in [-0.05, 0) is 37.6 Å². The Morgan fingerprint density at radius 3 is 2.59 bits per heavy atom. The lowest BCUT2D eigenvalue weighted by molar-refractivity contribution is 0.242. The number of rotatable bonds is 4. The molecule has 0 N–H and O–H groups in total. The number of hydrogen-bond acceptors (Lipinski definition) is 4. The maximum absolute atomic E-state index is 5.92. The Hall–Kier alpha value is -2.33. The Morgan fingerprint density at radius 1 is 1.09 bits per heavy atom. The molecule has 0 unspecified atom stereocenters. The predicted molar refractivity (Wildman–Crippen MR) is 85.0 cm³/mol. The molecule has 0 bridgehead atoms. The Bertz CT molecular complexity index is 782. The van der Waals surface area contributed by atoms with Crippen molar-refractivity contribution in [3.8, 4) is 17.1 Å². The van der Waals surface area contributed by atoms with Crippen LogP contribution in [-0.2, 0) is 6.61 Å². The molecule has 5 heteroatoms. The highest BCUT2D eigenvalue weighted by Crippen LogP contribution is 2.23. The van der Waals surface area contributed by atoms with Crippen molar-refractivity contribution < 1.29 is 9.26 Å². The van der Waals surface area contributed by atoms with Crippen molar-refractivity contribution in [3.05, 3.63) is 64.5 Å². The number of aromatic nitrogens is 2. The molecule has 0 saturated carbocycles. The molecule has 0 amide bonds. The number of benzene rings is 2. The summed E-state index contributed by atoms with van der Waals surface area (Å²) < 4.78 is 10.9. The first-order valence-electron chi connectivity index (χ1n) is 6.90. The molecule has 112 valence electrons. The van der Waals surface area contributed by atoms with E-state index in [1.165, 1.54) is 5.56 Å². The molecule has 3 rings (SSSR count). The van der Waals surface area contributed by atoms with Gasteiger partial charge in [0.1, 0.15) is 5.75 Å². The van der Waals surface area contributed by atoms with Crippen LogP contribution in [0, 0.1) is 13.8 Å². The van der Waals surface area contributed by atoms with Crippen molar-refractivity contribution in [1.29, 1.82) is 0 Å². The fraction of sp³-hybridized carbons (Fsp3) is 0.176. The average Bonchev–Trinajstić information content (AvgIpc) is 2.96. The number of nitrogens with zero attached hydrogens (tertiary/aromatic N) is 2. The standard InChI is InChI=1S/C17H15ClN2O2/c1-11-3-5-13(6-4-11)17-19-16(22-20-17)10-21-15-8-7-14(18)9-12(15)2/h3-9H,10H2,1-2H3. The van der Waals surface area contributed by atoms with Crippen LogP contribution in [0.2, 0.25) is 5.02 Å². The van der Waals surface area contributed by atoms with E-state index in [-0.39, 0.29) is 6.61 Å². The second-order valence-corrected chi connectivity index (χ2v) is 5.51. The maximum Gasteiger partial charge on any atom is 0.264 e. The molecular formula is C17H15ClN2O2. The predicted octanol–water partition coefficient (Wildman–Crippen LogP) is 4.59. The Morgan fingerprint density at radius 2 is 1.86 bits per heavy atom. The second-order valence-electron chi connectivity index (χ2n) is 5.08. The van der Waals surface area contributed by atoms with E-state index in [9.17, 15) is 0 Å². The smallest absolute Gasteiger partial charge is 0.264 e. The normalized spacial score (nSPS) is 10.7. The molecule has 0 spiro atoms. The molecule has 1 heterocycles. The Labute approximate surface area is 133 Å². The SMILES string of the molecule is Cc1ccc(-c2noc(COc3ccc(Cl)cc3C)n2)cc1. The van der Waals surface area contributed by atoms with Gasteiger partial charge < -0.3 is 9.26 Å². The third kappa shape index (κ3) is 3.28. The van der Waals surface area contributed by atoms with Crippen molar-refractivity contribution in [1.82, 2.24) is 10.1 Å². The molecule has 1 aromatic heterocycles. The minimum absolute atomic E-state index is 0.224. The van der Waals surface area contributed by atoms with E-state index in [0.717, 1.165) is 16.9 Å². The Kier molecular flexibility index (Phi) is 4.11. The van der Waals surface area contributed by atoms with E-state index >= 15 is 0 Å². The molecule has 4 nitrogen and oxygen atoms in total. The monoisotopic (exact) mass is 314 g/mol. The van der Waals surface area contributed by atoms with E-state index in [0.29, 0.717) is 16.7 Å². The van der Waals surface area contributed by atoms with Crippen LogP contribution in [-0.4, -0.2) is 10.1 Å². The van der Waals surface area contributed by atoms with Crippen LogP contribution >= 0.6 is 11.6 Å². The summed E-state index contributed by atoms with van der Waals surface area (Å²) in [6.07, 6.45) is 0. The fourth-order valence-corrected chi connectivity index (χ4v) is 2.27. The quantitative estimate of drug-likeness (QED) is 0.707. The zero-order valence-corrected chi connectivity index (χ0v) is 13.1. The highest BCUT2D eigenvalue weighted by Gasteiger charge is 2.10. The van der Waals surface area contributed by atoms with E-state index in [1.807, 2.05) is 50.2 Å².